The van der Waals surface area contributed by atoms with E-state index in [1.807, 2.05) is 0 Å². The second-order valence-electron chi connectivity index (χ2n) is 4.62. The van der Waals surface area contributed by atoms with E-state index < -0.39 is 20.9 Å². The predicted molar refractivity (Wildman–Crippen MR) is 82.0 cm³/mol. The van der Waals surface area contributed by atoms with Crippen molar-refractivity contribution in [2.45, 2.75) is 17.7 Å². The van der Waals surface area contributed by atoms with E-state index >= 15 is 0 Å². The van der Waals surface area contributed by atoms with E-state index in [4.69, 9.17) is 20.5 Å². The second-order valence-corrected chi connectivity index (χ2v) is 7.15. The van der Waals surface area contributed by atoms with Gasteiger partial charge in [-0.25, -0.2) is 8.42 Å². The maximum absolute atomic E-state index is 11.7. The fraction of sp³-hybridized carbons (Fsp3) is 0.133. The van der Waals surface area contributed by atoms with Gasteiger partial charge in [0.2, 0.25) is 0 Å². The molecule has 1 N–H and O–H groups in total. The molecule has 0 spiro atoms. The largest absolute Gasteiger partial charge is 0.481 e. The highest BCUT2D eigenvalue weighted by atomic mass is 35.7. The van der Waals surface area contributed by atoms with Gasteiger partial charge < -0.3 is 9.84 Å². The lowest BCUT2D eigenvalue weighted by Crippen LogP contribution is -2.08. The van der Waals surface area contributed by atoms with Gasteiger partial charge in [0.25, 0.3) is 9.05 Å². The third-order valence-electron chi connectivity index (χ3n) is 3.07. The number of hydrogen-bond acceptors (Lipinski definition) is 4. The van der Waals surface area contributed by atoms with Gasteiger partial charge in [0, 0.05) is 10.7 Å². The topological polar surface area (TPSA) is 80.7 Å². The van der Waals surface area contributed by atoms with Crippen molar-refractivity contribution >= 4 is 25.7 Å². The monoisotopic (exact) mass is 340 g/mol. The molecule has 0 saturated carbocycles. The molecule has 0 amide bonds. The minimum Gasteiger partial charge on any atom is -0.481 e. The zero-order valence-corrected chi connectivity index (χ0v) is 13.1. The van der Waals surface area contributed by atoms with Crippen molar-refractivity contribution in [3.05, 3.63) is 54.1 Å². The van der Waals surface area contributed by atoms with Crippen molar-refractivity contribution in [2.75, 3.05) is 0 Å². The van der Waals surface area contributed by atoms with Gasteiger partial charge in [0.15, 0.2) is 0 Å². The fourth-order valence-electron chi connectivity index (χ4n) is 1.83. The van der Waals surface area contributed by atoms with Crippen LogP contribution in [0.2, 0.25) is 0 Å². The van der Waals surface area contributed by atoms with Gasteiger partial charge in [0.1, 0.15) is 16.4 Å². The summed E-state index contributed by atoms with van der Waals surface area (Å²) >= 11 is 0. The van der Waals surface area contributed by atoms with Crippen LogP contribution in [-0.4, -0.2) is 19.5 Å². The Morgan fingerprint density at radius 2 is 1.82 bits per heavy atom. The molecule has 116 valence electrons. The predicted octanol–water partition coefficient (Wildman–Crippen LogP) is 3.59. The molecule has 0 heterocycles. The number of rotatable bonds is 5. The Labute approximate surface area is 132 Å². The van der Waals surface area contributed by atoms with Gasteiger partial charge in [-0.3, -0.25) is 4.79 Å². The second kappa shape index (κ2) is 6.37. The van der Waals surface area contributed by atoms with Crippen molar-refractivity contribution in [2.24, 2.45) is 0 Å². The first-order valence-corrected chi connectivity index (χ1v) is 8.64. The molecule has 0 aliphatic rings. The first-order valence-electron chi connectivity index (χ1n) is 6.33. The Morgan fingerprint density at radius 1 is 1.18 bits per heavy atom. The van der Waals surface area contributed by atoms with E-state index in [0.717, 1.165) is 0 Å². The van der Waals surface area contributed by atoms with E-state index in [1.165, 1.54) is 25.1 Å². The molecule has 2 rings (SSSR count). The third-order valence-corrected chi connectivity index (χ3v) is 4.41. The van der Waals surface area contributed by atoms with Crippen LogP contribution in [0.15, 0.2) is 53.4 Å². The number of benzene rings is 2. The molecule has 2 aromatic carbocycles. The molecule has 0 saturated heterocycles. The minimum atomic E-state index is -4.08. The van der Waals surface area contributed by atoms with Crippen LogP contribution in [0.1, 0.15) is 18.4 Å². The molecule has 0 bridgehead atoms. The van der Waals surface area contributed by atoms with Crippen LogP contribution in [0, 0.1) is 0 Å². The number of ether oxygens (including phenoxy) is 1. The molecule has 5 nitrogen and oxygen atoms in total. The Bertz CT molecular complexity index is 787. The summed E-state index contributed by atoms with van der Waals surface area (Å²) in [6.45, 7) is 1.46. The van der Waals surface area contributed by atoms with Crippen molar-refractivity contribution in [3.8, 4) is 11.5 Å². The average Bonchev–Trinajstić information content (AvgIpc) is 2.46. The molecule has 1 atom stereocenters. The molecule has 1 unspecified atom stereocenters. The highest BCUT2D eigenvalue weighted by Gasteiger charge is 2.22. The molecule has 0 aliphatic carbocycles. The van der Waals surface area contributed by atoms with Crippen LogP contribution in [0.25, 0.3) is 0 Å². The van der Waals surface area contributed by atoms with Crippen molar-refractivity contribution in [1.29, 1.82) is 0 Å². The van der Waals surface area contributed by atoms with E-state index in [0.29, 0.717) is 11.3 Å². The smallest absolute Gasteiger partial charge is 0.310 e. The average molecular weight is 341 g/mol. The fourth-order valence-corrected chi connectivity index (χ4v) is 2.82. The van der Waals surface area contributed by atoms with Gasteiger partial charge in [-0.1, -0.05) is 24.3 Å². The summed E-state index contributed by atoms with van der Waals surface area (Å²) in [4.78, 5) is 10.8. The van der Waals surface area contributed by atoms with Gasteiger partial charge in [-0.15, -0.1) is 0 Å². The third kappa shape index (κ3) is 3.78. The first kappa shape index (κ1) is 16.3. The maximum atomic E-state index is 11.7. The first-order chi connectivity index (χ1) is 10.3. The Hall–Kier alpha value is -2.05. The highest BCUT2D eigenvalue weighted by molar-refractivity contribution is 8.13. The minimum absolute atomic E-state index is 0.0440. The quantitative estimate of drug-likeness (QED) is 0.841. The van der Waals surface area contributed by atoms with Crippen LogP contribution in [0.3, 0.4) is 0 Å². The number of halogens is 1. The van der Waals surface area contributed by atoms with Crippen LogP contribution in [-0.2, 0) is 13.8 Å². The van der Waals surface area contributed by atoms with Crippen molar-refractivity contribution in [1.82, 2.24) is 0 Å². The normalized spacial score (nSPS) is 12.6. The maximum Gasteiger partial charge on any atom is 0.310 e. The molecule has 0 fully saturated rings. The number of para-hydroxylation sites is 1. The van der Waals surface area contributed by atoms with E-state index in [-0.39, 0.29) is 10.6 Å². The summed E-state index contributed by atoms with van der Waals surface area (Å²) in [7, 11) is 1.35. The zero-order valence-electron chi connectivity index (χ0n) is 11.6. The summed E-state index contributed by atoms with van der Waals surface area (Å²) in [5.74, 6) is -1.43. The number of hydrogen-bond donors (Lipinski definition) is 1. The van der Waals surface area contributed by atoms with Crippen LogP contribution >= 0.6 is 10.7 Å². The van der Waals surface area contributed by atoms with Gasteiger partial charge in [-0.2, -0.15) is 0 Å². The number of carboxylic acid groups (broad SMARTS) is 1. The summed E-state index contributed by atoms with van der Waals surface area (Å²) in [5, 5.41) is 9.02. The molecular formula is C15H13ClO5S. The SMILES string of the molecule is CC(C(=O)O)c1ccc(Oc2ccccc2)c(S(=O)(=O)Cl)c1. The molecule has 2 aromatic rings. The highest BCUT2D eigenvalue weighted by Crippen LogP contribution is 2.33. The van der Waals surface area contributed by atoms with Crippen LogP contribution in [0.5, 0.6) is 11.5 Å². The molecule has 7 heteroatoms. The number of aliphatic carboxylic acids is 1. The van der Waals surface area contributed by atoms with Gasteiger partial charge >= 0.3 is 5.97 Å². The van der Waals surface area contributed by atoms with E-state index in [2.05, 4.69) is 0 Å². The summed E-state index contributed by atoms with van der Waals surface area (Å²) < 4.78 is 29.0. The molecular weight excluding hydrogens is 328 g/mol. The number of carbonyl (C=O) groups is 1. The van der Waals surface area contributed by atoms with Crippen molar-refractivity contribution in [3.63, 3.8) is 0 Å². The van der Waals surface area contributed by atoms with Gasteiger partial charge in [0.05, 0.1) is 5.92 Å². The standard InChI is InChI=1S/C15H13ClO5S/c1-10(15(17)18)11-7-8-13(14(9-11)22(16,19)20)21-12-5-3-2-4-6-12/h2-10H,1H3,(H,17,18). The zero-order chi connectivity index (χ0) is 16.3. The molecule has 0 aromatic heterocycles. The summed E-state index contributed by atoms with van der Waals surface area (Å²) in [6.07, 6.45) is 0. The summed E-state index contributed by atoms with van der Waals surface area (Å²) in [6, 6.07) is 12.7. The van der Waals surface area contributed by atoms with Crippen LogP contribution in [0.4, 0.5) is 0 Å². The Balaban J connectivity index is 2.48. The lowest BCUT2D eigenvalue weighted by molar-refractivity contribution is -0.138. The summed E-state index contributed by atoms with van der Waals surface area (Å²) in [5.41, 5.74) is 0.326. The van der Waals surface area contributed by atoms with E-state index in [9.17, 15) is 13.2 Å². The van der Waals surface area contributed by atoms with E-state index in [1.54, 1.807) is 30.3 Å². The lowest BCUT2D eigenvalue weighted by atomic mass is 10.0. The van der Waals surface area contributed by atoms with Gasteiger partial charge in [-0.05, 0) is 36.8 Å². The molecule has 0 radical (unpaired) electrons. The van der Waals surface area contributed by atoms with Crippen LogP contribution < -0.4 is 4.74 Å². The Kier molecular flexibility index (Phi) is 4.73. The molecule has 22 heavy (non-hydrogen) atoms. The number of carboxylic acids is 1. The Morgan fingerprint density at radius 3 is 2.36 bits per heavy atom. The molecule has 0 aliphatic heterocycles. The van der Waals surface area contributed by atoms with Crippen molar-refractivity contribution < 1.29 is 23.1 Å². The lowest BCUT2D eigenvalue weighted by Gasteiger charge is -2.13.